The van der Waals surface area contributed by atoms with E-state index in [1.54, 1.807) is 53.5 Å². The zero-order valence-electron chi connectivity index (χ0n) is 13.2. The molecule has 0 bridgehead atoms. The minimum atomic E-state index is -0.160. The lowest BCUT2D eigenvalue weighted by Crippen LogP contribution is -2.31. The molecule has 0 atom stereocenters. The SMILES string of the molecule is Cn1cc(C#N)cc1C(=O)N(Cc1ccncc1)Cc1ccco1. The Morgan fingerprint density at radius 2 is 2.12 bits per heavy atom. The Balaban J connectivity index is 1.89. The van der Waals surface area contributed by atoms with Crippen LogP contribution in [-0.4, -0.2) is 20.4 Å². The first-order valence-electron chi connectivity index (χ1n) is 7.44. The number of nitriles is 1. The third-order valence-corrected chi connectivity index (χ3v) is 3.69. The van der Waals surface area contributed by atoms with Crippen LogP contribution in [0.2, 0.25) is 0 Å². The Hall–Kier alpha value is -3.33. The van der Waals surface area contributed by atoms with Gasteiger partial charge in [-0.25, -0.2) is 0 Å². The molecule has 0 unspecified atom stereocenters. The molecule has 0 radical (unpaired) electrons. The highest BCUT2D eigenvalue weighted by Gasteiger charge is 2.21. The van der Waals surface area contributed by atoms with E-state index in [1.165, 1.54) is 0 Å². The van der Waals surface area contributed by atoms with Crippen LogP contribution in [-0.2, 0) is 20.1 Å². The Morgan fingerprint density at radius 1 is 1.33 bits per heavy atom. The van der Waals surface area contributed by atoms with Gasteiger partial charge in [-0.05, 0) is 35.9 Å². The second kappa shape index (κ2) is 6.84. The number of aromatic nitrogens is 2. The molecule has 3 rings (SSSR count). The topological polar surface area (TPSA) is 75.1 Å². The average Bonchev–Trinajstić information content (AvgIpc) is 3.24. The predicted octanol–water partition coefficient (Wildman–Crippen LogP) is 2.73. The van der Waals surface area contributed by atoms with Gasteiger partial charge in [0.05, 0.1) is 18.4 Å². The molecule has 6 heteroatoms. The zero-order valence-corrected chi connectivity index (χ0v) is 13.2. The summed E-state index contributed by atoms with van der Waals surface area (Å²) in [7, 11) is 1.76. The Labute approximate surface area is 139 Å². The summed E-state index contributed by atoms with van der Waals surface area (Å²) >= 11 is 0. The molecule has 120 valence electrons. The van der Waals surface area contributed by atoms with Crippen LogP contribution < -0.4 is 0 Å². The Morgan fingerprint density at radius 3 is 2.75 bits per heavy atom. The second-order valence-corrected chi connectivity index (χ2v) is 5.43. The van der Waals surface area contributed by atoms with Gasteiger partial charge in [0.15, 0.2) is 0 Å². The van der Waals surface area contributed by atoms with Crippen LogP contribution in [0, 0.1) is 11.3 Å². The molecule has 3 aromatic rings. The summed E-state index contributed by atoms with van der Waals surface area (Å²) in [5, 5.41) is 9.03. The number of amides is 1. The van der Waals surface area contributed by atoms with Gasteiger partial charge in [-0.3, -0.25) is 9.78 Å². The van der Waals surface area contributed by atoms with Crippen molar-refractivity contribution in [3.63, 3.8) is 0 Å². The van der Waals surface area contributed by atoms with Crippen LogP contribution in [0.25, 0.3) is 0 Å². The van der Waals surface area contributed by atoms with E-state index in [-0.39, 0.29) is 5.91 Å². The van der Waals surface area contributed by atoms with Crippen molar-refractivity contribution in [3.8, 4) is 6.07 Å². The fraction of sp³-hybridized carbons (Fsp3) is 0.167. The molecule has 0 aliphatic heterocycles. The minimum absolute atomic E-state index is 0.160. The molecule has 0 aromatic carbocycles. The number of aryl methyl sites for hydroxylation is 1. The number of carbonyl (C=O) groups is 1. The van der Waals surface area contributed by atoms with Gasteiger partial charge < -0.3 is 13.9 Å². The molecule has 3 aromatic heterocycles. The van der Waals surface area contributed by atoms with Gasteiger partial charge in [-0.1, -0.05) is 0 Å². The van der Waals surface area contributed by atoms with Crippen LogP contribution in [0.3, 0.4) is 0 Å². The van der Waals surface area contributed by atoms with Gasteiger partial charge in [-0.15, -0.1) is 0 Å². The molecule has 0 N–H and O–H groups in total. The quantitative estimate of drug-likeness (QED) is 0.724. The molecule has 24 heavy (non-hydrogen) atoms. The van der Waals surface area contributed by atoms with Crippen molar-refractivity contribution in [1.82, 2.24) is 14.5 Å². The fourth-order valence-corrected chi connectivity index (χ4v) is 2.50. The van der Waals surface area contributed by atoms with Gasteiger partial charge in [0.2, 0.25) is 0 Å². The molecule has 0 aliphatic rings. The summed E-state index contributed by atoms with van der Waals surface area (Å²) in [6, 6.07) is 11.0. The average molecular weight is 320 g/mol. The third kappa shape index (κ3) is 3.36. The van der Waals surface area contributed by atoms with Crippen LogP contribution >= 0.6 is 0 Å². The number of hydrogen-bond donors (Lipinski definition) is 0. The fourth-order valence-electron chi connectivity index (χ4n) is 2.50. The van der Waals surface area contributed by atoms with Crippen LogP contribution in [0.1, 0.15) is 27.4 Å². The van der Waals surface area contributed by atoms with Crippen molar-refractivity contribution in [2.75, 3.05) is 0 Å². The summed E-state index contributed by atoms with van der Waals surface area (Å²) in [6.45, 7) is 0.774. The predicted molar refractivity (Wildman–Crippen MR) is 86.7 cm³/mol. The molecule has 6 nitrogen and oxygen atoms in total. The lowest BCUT2D eigenvalue weighted by Gasteiger charge is -2.22. The van der Waals surface area contributed by atoms with E-state index in [2.05, 4.69) is 11.1 Å². The zero-order chi connectivity index (χ0) is 16.9. The summed E-state index contributed by atoms with van der Waals surface area (Å²) in [5.74, 6) is 0.541. The first-order chi connectivity index (χ1) is 11.7. The molecule has 0 fully saturated rings. The maximum absolute atomic E-state index is 13.0. The number of carbonyl (C=O) groups excluding carboxylic acids is 1. The molecule has 3 heterocycles. The molecule has 0 saturated carbocycles. The first kappa shape index (κ1) is 15.6. The lowest BCUT2D eigenvalue weighted by atomic mass is 10.2. The maximum atomic E-state index is 13.0. The van der Waals surface area contributed by atoms with Crippen LogP contribution in [0.15, 0.2) is 59.6 Å². The Bertz CT molecular complexity index is 860. The molecule has 0 aliphatic carbocycles. The highest BCUT2D eigenvalue weighted by molar-refractivity contribution is 5.93. The smallest absolute Gasteiger partial charge is 0.271 e. The Kier molecular flexibility index (Phi) is 4.43. The van der Waals surface area contributed by atoms with Crippen molar-refractivity contribution in [2.24, 2.45) is 7.05 Å². The molecular weight excluding hydrogens is 304 g/mol. The molecule has 0 saturated heterocycles. The summed E-state index contributed by atoms with van der Waals surface area (Å²) < 4.78 is 7.05. The monoisotopic (exact) mass is 320 g/mol. The van der Waals surface area contributed by atoms with E-state index >= 15 is 0 Å². The van der Waals surface area contributed by atoms with E-state index in [4.69, 9.17) is 9.68 Å². The van der Waals surface area contributed by atoms with Crippen LogP contribution in [0.5, 0.6) is 0 Å². The van der Waals surface area contributed by atoms with Crippen molar-refractivity contribution >= 4 is 5.91 Å². The highest BCUT2D eigenvalue weighted by Crippen LogP contribution is 2.16. The summed E-state index contributed by atoms with van der Waals surface area (Å²) in [5.41, 5.74) is 1.90. The molecule has 1 amide bonds. The number of nitrogens with zero attached hydrogens (tertiary/aromatic N) is 4. The van der Waals surface area contributed by atoms with E-state index in [9.17, 15) is 4.79 Å². The number of pyridine rings is 1. The number of furan rings is 1. The van der Waals surface area contributed by atoms with Crippen molar-refractivity contribution in [1.29, 1.82) is 5.26 Å². The van der Waals surface area contributed by atoms with Crippen LogP contribution in [0.4, 0.5) is 0 Å². The van der Waals surface area contributed by atoms with E-state index in [1.807, 2.05) is 18.2 Å². The van der Waals surface area contributed by atoms with E-state index < -0.39 is 0 Å². The minimum Gasteiger partial charge on any atom is -0.467 e. The summed E-state index contributed by atoms with van der Waals surface area (Å²) in [4.78, 5) is 18.6. The third-order valence-electron chi connectivity index (χ3n) is 3.69. The number of rotatable bonds is 5. The lowest BCUT2D eigenvalue weighted by molar-refractivity contribution is 0.0708. The van der Waals surface area contributed by atoms with Gasteiger partial charge in [0.25, 0.3) is 5.91 Å². The molecule has 0 spiro atoms. The van der Waals surface area contributed by atoms with Gasteiger partial charge in [0.1, 0.15) is 17.5 Å². The normalized spacial score (nSPS) is 10.3. The van der Waals surface area contributed by atoms with Gasteiger partial charge >= 0.3 is 0 Å². The maximum Gasteiger partial charge on any atom is 0.271 e. The van der Waals surface area contributed by atoms with Crippen molar-refractivity contribution < 1.29 is 9.21 Å². The van der Waals surface area contributed by atoms with E-state index in [0.29, 0.717) is 30.1 Å². The largest absolute Gasteiger partial charge is 0.467 e. The standard InChI is InChI=1S/C18H16N4O2/c1-21-11-15(10-19)9-17(21)18(23)22(13-16-3-2-8-24-16)12-14-4-6-20-7-5-14/h2-9,11H,12-13H2,1H3. The first-order valence-corrected chi connectivity index (χ1v) is 7.44. The second-order valence-electron chi connectivity index (χ2n) is 5.43. The summed E-state index contributed by atoms with van der Waals surface area (Å²) in [6.07, 6.45) is 6.62. The van der Waals surface area contributed by atoms with Crippen molar-refractivity contribution in [2.45, 2.75) is 13.1 Å². The van der Waals surface area contributed by atoms with Gasteiger partial charge in [-0.2, -0.15) is 5.26 Å². The van der Waals surface area contributed by atoms with Gasteiger partial charge in [0, 0.05) is 32.2 Å². The highest BCUT2D eigenvalue weighted by atomic mass is 16.3. The molecular formula is C18H16N4O2. The van der Waals surface area contributed by atoms with Crippen molar-refractivity contribution in [3.05, 3.63) is 77.8 Å². The number of hydrogen-bond acceptors (Lipinski definition) is 4. The van der Waals surface area contributed by atoms with E-state index in [0.717, 1.165) is 5.56 Å².